The molecule has 0 saturated heterocycles. The zero-order chi connectivity index (χ0) is 8.10. The molecular weight excluding hydrogens is 142 g/mol. The van der Waals surface area contributed by atoms with Crippen molar-refractivity contribution in [2.24, 2.45) is 0 Å². The van der Waals surface area contributed by atoms with Crippen molar-refractivity contribution < 1.29 is 4.79 Å². The summed E-state index contributed by atoms with van der Waals surface area (Å²) in [5, 5.41) is 0. The Balaban J connectivity index is 2.45. The highest BCUT2D eigenvalue weighted by molar-refractivity contribution is 5.74. The summed E-state index contributed by atoms with van der Waals surface area (Å²) in [5.41, 5.74) is 5.04. The van der Waals surface area contributed by atoms with Gasteiger partial charge in [-0.15, -0.1) is 0 Å². The highest BCUT2D eigenvalue weighted by Crippen LogP contribution is 1.96. The van der Waals surface area contributed by atoms with Gasteiger partial charge in [-0.3, -0.25) is 15.6 Å². The molecular formula is C7H9N3O. The summed E-state index contributed by atoms with van der Waals surface area (Å²) >= 11 is 0. The van der Waals surface area contributed by atoms with Crippen LogP contribution in [0.3, 0.4) is 0 Å². The molecule has 4 nitrogen and oxygen atoms in total. The van der Waals surface area contributed by atoms with Gasteiger partial charge in [-0.2, -0.15) is 0 Å². The Kier molecular flexibility index (Phi) is 2.43. The summed E-state index contributed by atoms with van der Waals surface area (Å²) in [4.78, 5) is 14.3. The van der Waals surface area contributed by atoms with Crippen molar-refractivity contribution in [3.63, 3.8) is 0 Å². The molecule has 4 heteroatoms. The Labute approximate surface area is 64.6 Å². The first-order valence-corrected chi connectivity index (χ1v) is 3.22. The van der Waals surface area contributed by atoms with Crippen LogP contribution in [0, 0.1) is 0 Å². The first-order valence-electron chi connectivity index (χ1n) is 3.22. The number of amides is 1. The molecule has 1 heterocycles. The fraction of sp³-hybridized carbons (Fsp3) is 0.143. The van der Waals surface area contributed by atoms with Crippen LogP contribution in [0.4, 0.5) is 5.82 Å². The molecule has 0 aliphatic carbocycles. The van der Waals surface area contributed by atoms with E-state index in [1.54, 1.807) is 18.3 Å². The quantitative estimate of drug-likeness (QED) is 0.607. The Bertz CT molecular complexity index is 235. The first-order chi connectivity index (χ1) is 5.29. The minimum Gasteiger partial charge on any atom is -0.282 e. The van der Waals surface area contributed by atoms with Crippen LogP contribution < -0.4 is 10.9 Å². The monoisotopic (exact) mass is 151 g/mol. The maximum atomic E-state index is 10.4. The zero-order valence-electron chi connectivity index (χ0n) is 6.16. The second-order valence-corrected chi connectivity index (χ2v) is 2.02. The summed E-state index contributed by atoms with van der Waals surface area (Å²) in [6.07, 6.45) is 1.64. The first kappa shape index (κ1) is 7.53. The van der Waals surface area contributed by atoms with Crippen LogP contribution in [0.2, 0.25) is 0 Å². The van der Waals surface area contributed by atoms with E-state index in [1.165, 1.54) is 6.92 Å². The van der Waals surface area contributed by atoms with Crippen LogP contribution in [-0.4, -0.2) is 10.9 Å². The van der Waals surface area contributed by atoms with Crippen LogP contribution in [0.5, 0.6) is 0 Å². The fourth-order valence-corrected chi connectivity index (χ4v) is 0.589. The second-order valence-electron chi connectivity index (χ2n) is 2.02. The minimum absolute atomic E-state index is 0.143. The van der Waals surface area contributed by atoms with E-state index in [9.17, 15) is 4.79 Å². The van der Waals surface area contributed by atoms with Crippen molar-refractivity contribution in [3.05, 3.63) is 24.4 Å². The van der Waals surface area contributed by atoms with Crippen LogP contribution in [0.25, 0.3) is 0 Å². The molecule has 0 spiro atoms. The van der Waals surface area contributed by atoms with E-state index >= 15 is 0 Å². The lowest BCUT2D eigenvalue weighted by Gasteiger charge is -2.03. The predicted molar refractivity (Wildman–Crippen MR) is 41.7 cm³/mol. The molecule has 11 heavy (non-hydrogen) atoms. The van der Waals surface area contributed by atoms with Gasteiger partial charge in [-0.25, -0.2) is 4.98 Å². The van der Waals surface area contributed by atoms with Crippen LogP contribution in [0.1, 0.15) is 6.92 Å². The summed E-state index contributed by atoms with van der Waals surface area (Å²) in [6.45, 7) is 1.43. The standard InChI is InChI=1S/C7H9N3O/c1-6(11)9-10-7-4-2-3-5-8-7/h2-5H,1H3,(H,8,10)(H,9,11). The number of carbonyl (C=O) groups excluding carboxylic acids is 1. The summed E-state index contributed by atoms with van der Waals surface area (Å²) in [6, 6.07) is 5.39. The number of nitrogens with one attached hydrogen (secondary N) is 2. The maximum Gasteiger partial charge on any atom is 0.235 e. The molecule has 1 aromatic rings. The number of hydrogen-bond acceptors (Lipinski definition) is 3. The van der Waals surface area contributed by atoms with Crippen LogP contribution in [-0.2, 0) is 4.79 Å². The third-order valence-corrected chi connectivity index (χ3v) is 1.03. The minimum atomic E-state index is -0.143. The van der Waals surface area contributed by atoms with Gasteiger partial charge in [-0.1, -0.05) is 6.07 Å². The number of rotatable bonds is 2. The van der Waals surface area contributed by atoms with Gasteiger partial charge in [0, 0.05) is 13.1 Å². The van der Waals surface area contributed by atoms with Gasteiger partial charge in [0.15, 0.2) is 0 Å². The fourth-order valence-electron chi connectivity index (χ4n) is 0.589. The zero-order valence-corrected chi connectivity index (χ0v) is 6.16. The lowest BCUT2D eigenvalue weighted by molar-refractivity contribution is -0.118. The molecule has 1 rings (SSSR count). The molecule has 58 valence electrons. The van der Waals surface area contributed by atoms with E-state index in [1.807, 2.05) is 6.07 Å². The van der Waals surface area contributed by atoms with Crippen molar-refractivity contribution in [2.45, 2.75) is 6.92 Å². The maximum absolute atomic E-state index is 10.4. The summed E-state index contributed by atoms with van der Waals surface area (Å²) in [7, 11) is 0. The second kappa shape index (κ2) is 3.55. The molecule has 0 aromatic carbocycles. The molecule has 0 saturated carbocycles. The van der Waals surface area contributed by atoms with E-state index < -0.39 is 0 Å². The van der Waals surface area contributed by atoms with Crippen LogP contribution in [0.15, 0.2) is 24.4 Å². The van der Waals surface area contributed by atoms with Gasteiger partial charge in [0.1, 0.15) is 5.82 Å². The smallest absolute Gasteiger partial charge is 0.235 e. The Hall–Kier alpha value is -1.58. The van der Waals surface area contributed by atoms with E-state index in [0.717, 1.165) is 0 Å². The average molecular weight is 151 g/mol. The largest absolute Gasteiger partial charge is 0.282 e. The average Bonchev–Trinajstić information content (AvgIpc) is 2.03. The van der Waals surface area contributed by atoms with Gasteiger partial charge >= 0.3 is 0 Å². The van der Waals surface area contributed by atoms with Gasteiger partial charge < -0.3 is 0 Å². The van der Waals surface area contributed by atoms with Gasteiger partial charge in [0.25, 0.3) is 0 Å². The van der Waals surface area contributed by atoms with Crippen LogP contribution >= 0.6 is 0 Å². The van der Waals surface area contributed by atoms with E-state index in [-0.39, 0.29) is 5.91 Å². The van der Waals surface area contributed by atoms with E-state index in [0.29, 0.717) is 5.82 Å². The molecule has 0 unspecified atom stereocenters. The van der Waals surface area contributed by atoms with Crippen molar-refractivity contribution in [3.8, 4) is 0 Å². The molecule has 0 fully saturated rings. The van der Waals surface area contributed by atoms with Gasteiger partial charge in [0.05, 0.1) is 0 Å². The molecule has 1 aromatic heterocycles. The number of pyridine rings is 1. The van der Waals surface area contributed by atoms with E-state index in [2.05, 4.69) is 15.8 Å². The predicted octanol–water partition coefficient (Wildman–Crippen LogP) is 0.545. The van der Waals surface area contributed by atoms with Crippen molar-refractivity contribution in [1.82, 2.24) is 10.4 Å². The SMILES string of the molecule is CC(=O)NNc1ccccn1. The highest BCUT2D eigenvalue weighted by Gasteiger charge is 1.90. The number of nitrogens with zero attached hydrogens (tertiary/aromatic N) is 1. The Morgan fingerprint density at radius 3 is 2.91 bits per heavy atom. The Morgan fingerprint density at radius 1 is 1.55 bits per heavy atom. The molecule has 0 aliphatic rings. The Morgan fingerprint density at radius 2 is 2.36 bits per heavy atom. The number of carbonyl (C=O) groups is 1. The van der Waals surface area contributed by atoms with Crippen molar-refractivity contribution >= 4 is 11.7 Å². The highest BCUT2D eigenvalue weighted by atomic mass is 16.2. The summed E-state index contributed by atoms with van der Waals surface area (Å²) in [5.74, 6) is 0.485. The molecule has 0 bridgehead atoms. The number of hydrogen-bond donors (Lipinski definition) is 2. The number of anilines is 1. The third-order valence-electron chi connectivity index (χ3n) is 1.03. The lowest BCUT2D eigenvalue weighted by Crippen LogP contribution is -2.26. The topological polar surface area (TPSA) is 54.0 Å². The molecule has 0 aliphatic heterocycles. The van der Waals surface area contributed by atoms with Crippen molar-refractivity contribution in [1.29, 1.82) is 0 Å². The van der Waals surface area contributed by atoms with Gasteiger partial charge in [0.2, 0.25) is 5.91 Å². The molecule has 2 N–H and O–H groups in total. The third kappa shape index (κ3) is 2.66. The van der Waals surface area contributed by atoms with Gasteiger partial charge in [-0.05, 0) is 12.1 Å². The van der Waals surface area contributed by atoms with E-state index in [4.69, 9.17) is 0 Å². The lowest BCUT2D eigenvalue weighted by atomic mass is 10.5. The molecule has 0 atom stereocenters. The summed E-state index contributed by atoms with van der Waals surface area (Å²) < 4.78 is 0. The molecule has 1 amide bonds. The molecule has 0 radical (unpaired) electrons. The normalized spacial score (nSPS) is 8.82. The number of hydrazine groups is 1. The van der Waals surface area contributed by atoms with Crippen molar-refractivity contribution in [2.75, 3.05) is 5.43 Å². The number of aromatic nitrogens is 1.